The first-order valence-corrected chi connectivity index (χ1v) is 9.78. The largest absolute Gasteiger partial charge is 0.481 e. The van der Waals surface area contributed by atoms with Crippen molar-refractivity contribution in [1.29, 1.82) is 0 Å². The Hall–Kier alpha value is -1.95. The van der Waals surface area contributed by atoms with Crippen LogP contribution in [0, 0.1) is 0 Å². The Morgan fingerprint density at radius 1 is 1.17 bits per heavy atom. The van der Waals surface area contributed by atoms with Crippen LogP contribution in [0.1, 0.15) is 48.0 Å². The van der Waals surface area contributed by atoms with Crippen molar-refractivity contribution in [3.63, 3.8) is 0 Å². The molecular formula is C19H32N2O9. The minimum absolute atomic E-state index is 0.418. The number of rotatable bonds is 7. The molecule has 0 aromatic carbocycles. The highest BCUT2D eigenvalue weighted by Gasteiger charge is 2.57. The second-order valence-electron chi connectivity index (χ2n) is 8.85. The van der Waals surface area contributed by atoms with E-state index in [1.807, 2.05) is 0 Å². The maximum Gasteiger partial charge on any atom is 0.408 e. The molecule has 11 heteroatoms. The molecule has 2 fully saturated rings. The summed E-state index contributed by atoms with van der Waals surface area (Å²) in [6.07, 6.45) is -3.98. The summed E-state index contributed by atoms with van der Waals surface area (Å²) < 4.78 is 28.0. The van der Waals surface area contributed by atoms with Crippen LogP contribution in [-0.2, 0) is 33.3 Å². The highest BCUT2D eigenvalue weighted by atomic mass is 16.8. The van der Waals surface area contributed by atoms with E-state index in [9.17, 15) is 19.5 Å². The van der Waals surface area contributed by atoms with Gasteiger partial charge in [0.25, 0.3) is 0 Å². The quantitative estimate of drug-likeness (QED) is 0.531. The van der Waals surface area contributed by atoms with Crippen LogP contribution in [0.25, 0.3) is 0 Å². The van der Waals surface area contributed by atoms with Crippen molar-refractivity contribution in [1.82, 2.24) is 10.6 Å². The lowest BCUT2D eigenvalue weighted by Gasteiger charge is -2.31. The van der Waals surface area contributed by atoms with Gasteiger partial charge in [-0.3, -0.25) is 9.59 Å². The lowest BCUT2D eigenvalue weighted by atomic mass is 10.00. The summed E-state index contributed by atoms with van der Waals surface area (Å²) in [6.45, 7) is 10.0. The van der Waals surface area contributed by atoms with Crippen molar-refractivity contribution >= 4 is 18.0 Å². The molecule has 11 nitrogen and oxygen atoms in total. The summed E-state index contributed by atoms with van der Waals surface area (Å²) in [4.78, 5) is 35.9. The van der Waals surface area contributed by atoms with E-state index in [2.05, 4.69) is 10.6 Å². The van der Waals surface area contributed by atoms with Crippen molar-refractivity contribution in [3.05, 3.63) is 0 Å². The van der Waals surface area contributed by atoms with E-state index in [1.165, 1.54) is 14.0 Å². The number of ether oxygens (including phenoxy) is 5. The molecule has 0 bridgehead atoms. The average molecular weight is 432 g/mol. The highest BCUT2D eigenvalue weighted by molar-refractivity contribution is 5.86. The van der Waals surface area contributed by atoms with E-state index in [0.717, 1.165) is 0 Å². The van der Waals surface area contributed by atoms with Gasteiger partial charge in [0.1, 0.15) is 30.0 Å². The number of nitrogens with one attached hydrogen (secondary N) is 2. The van der Waals surface area contributed by atoms with Gasteiger partial charge in [-0.1, -0.05) is 0 Å². The SMILES string of the molecule is CO[C@H]1[C@H]2OC(C)(C)O[C@H]2O[C@@H]1[C@@H](CC(=O)O)NC(=O)[C@H](C)NC(=O)OC(C)(C)C. The van der Waals surface area contributed by atoms with E-state index in [-0.39, 0.29) is 0 Å². The van der Waals surface area contributed by atoms with E-state index in [4.69, 9.17) is 23.7 Å². The normalized spacial score (nSPS) is 29.6. The van der Waals surface area contributed by atoms with Gasteiger partial charge in [0, 0.05) is 7.11 Å². The molecule has 0 spiro atoms. The standard InChI is InChI=1S/C19H32N2O9/c1-9(20-17(25)30-18(2,3)4)15(24)21-10(8-11(22)23)12-13(26-7)14-16(27-12)29-19(5,6)28-14/h9-10,12-14,16H,8H2,1-7H3,(H,20,25)(H,21,24)(H,22,23)/t9-,10+,12+,13+,14+,16+/m0/s1. The van der Waals surface area contributed by atoms with Crippen LogP contribution >= 0.6 is 0 Å². The number of hydrogen-bond acceptors (Lipinski definition) is 8. The summed E-state index contributed by atoms with van der Waals surface area (Å²) in [6, 6.07) is -1.91. The molecule has 2 saturated heterocycles. The zero-order chi connectivity index (χ0) is 22.9. The van der Waals surface area contributed by atoms with Crippen LogP contribution in [0.15, 0.2) is 0 Å². The van der Waals surface area contributed by atoms with Gasteiger partial charge in [-0.15, -0.1) is 0 Å². The third-order valence-electron chi connectivity index (χ3n) is 4.54. The first-order chi connectivity index (χ1) is 13.7. The van der Waals surface area contributed by atoms with E-state index >= 15 is 0 Å². The van der Waals surface area contributed by atoms with Crippen molar-refractivity contribution < 1.29 is 43.2 Å². The predicted octanol–water partition coefficient (Wildman–Crippen LogP) is 0.751. The number of carbonyl (C=O) groups is 3. The van der Waals surface area contributed by atoms with Crippen LogP contribution in [0.5, 0.6) is 0 Å². The molecule has 0 saturated carbocycles. The Morgan fingerprint density at radius 2 is 1.80 bits per heavy atom. The Bertz CT molecular complexity index is 661. The number of methoxy groups -OCH3 is 1. The Kier molecular flexibility index (Phi) is 7.33. The molecule has 2 rings (SSSR count). The number of aliphatic carboxylic acids is 1. The van der Waals surface area contributed by atoms with Crippen LogP contribution in [-0.4, -0.2) is 78.3 Å². The summed E-state index contributed by atoms with van der Waals surface area (Å²) in [5.74, 6) is -2.59. The van der Waals surface area contributed by atoms with Gasteiger partial charge in [0.05, 0.1) is 12.5 Å². The molecule has 0 aromatic rings. The number of carboxylic acid groups (broad SMARTS) is 1. The Balaban J connectivity index is 2.06. The van der Waals surface area contributed by atoms with Crippen LogP contribution in [0.3, 0.4) is 0 Å². The minimum atomic E-state index is -1.13. The second-order valence-corrected chi connectivity index (χ2v) is 8.85. The minimum Gasteiger partial charge on any atom is -0.481 e. The summed E-state index contributed by atoms with van der Waals surface area (Å²) in [5.41, 5.74) is -0.721. The lowest BCUT2D eigenvalue weighted by Crippen LogP contribution is -2.55. The summed E-state index contributed by atoms with van der Waals surface area (Å²) >= 11 is 0. The summed E-state index contributed by atoms with van der Waals surface area (Å²) in [7, 11) is 1.45. The third-order valence-corrected chi connectivity index (χ3v) is 4.54. The third kappa shape index (κ3) is 6.27. The lowest BCUT2D eigenvalue weighted by molar-refractivity contribution is -0.220. The number of hydrogen-bond donors (Lipinski definition) is 3. The molecule has 0 unspecified atom stereocenters. The molecule has 0 radical (unpaired) electrons. The monoisotopic (exact) mass is 432 g/mol. The fourth-order valence-electron chi connectivity index (χ4n) is 3.39. The maximum atomic E-state index is 12.6. The van der Waals surface area contributed by atoms with Gasteiger partial charge in [0.15, 0.2) is 12.1 Å². The number of amides is 2. The molecule has 0 aliphatic carbocycles. The maximum absolute atomic E-state index is 12.6. The van der Waals surface area contributed by atoms with E-state index in [0.29, 0.717) is 0 Å². The fourth-order valence-corrected chi connectivity index (χ4v) is 3.39. The van der Waals surface area contributed by atoms with Crippen molar-refractivity contribution in [3.8, 4) is 0 Å². The van der Waals surface area contributed by atoms with Gasteiger partial charge < -0.3 is 39.4 Å². The van der Waals surface area contributed by atoms with Gasteiger partial charge in [-0.05, 0) is 41.5 Å². The highest BCUT2D eigenvalue weighted by Crippen LogP contribution is 2.39. The van der Waals surface area contributed by atoms with Gasteiger partial charge >= 0.3 is 12.1 Å². The molecule has 172 valence electrons. The summed E-state index contributed by atoms with van der Waals surface area (Å²) in [5, 5.41) is 14.4. The number of fused-ring (bicyclic) bond motifs is 1. The van der Waals surface area contributed by atoms with Crippen LogP contribution < -0.4 is 10.6 Å². The molecule has 6 atom stereocenters. The van der Waals surface area contributed by atoms with Crippen molar-refractivity contribution in [2.24, 2.45) is 0 Å². The second kappa shape index (κ2) is 9.04. The Morgan fingerprint density at radius 3 is 2.33 bits per heavy atom. The topological polar surface area (TPSA) is 142 Å². The fraction of sp³-hybridized carbons (Fsp3) is 0.842. The van der Waals surface area contributed by atoms with Crippen LogP contribution in [0.2, 0.25) is 0 Å². The van der Waals surface area contributed by atoms with Crippen molar-refractivity contribution in [2.45, 2.75) is 96.0 Å². The van der Waals surface area contributed by atoms with E-state index < -0.39 is 72.5 Å². The number of alkyl carbamates (subject to hydrolysis) is 1. The molecular weight excluding hydrogens is 400 g/mol. The molecule has 2 aliphatic rings. The van der Waals surface area contributed by atoms with Gasteiger partial charge in [-0.2, -0.15) is 0 Å². The predicted molar refractivity (Wildman–Crippen MR) is 103 cm³/mol. The van der Waals surface area contributed by atoms with Crippen molar-refractivity contribution in [2.75, 3.05) is 7.11 Å². The zero-order valence-corrected chi connectivity index (χ0v) is 18.4. The Labute approximate surface area is 175 Å². The number of carbonyl (C=O) groups excluding carboxylic acids is 2. The molecule has 0 aromatic heterocycles. The number of carboxylic acids is 1. The molecule has 3 N–H and O–H groups in total. The van der Waals surface area contributed by atoms with Crippen LogP contribution in [0.4, 0.5) is 4.79 Å². The molecule has 2 aliphatic heterocycles. The molecule has 30 heavy (non-hydrogen) atoms. The van der Waals surface area contributed by atoms with Gasteiger partial charge in [-0.25, -0.2) is 4.79 Å². The van der Waals surface area contributed by atoms with E-state index in [1.54, 1.807) is 34.6 Å². The van der Waals surface area contributed by atoms with Gasteiger partial charge in [0.2, 0.25) is 5.91 Å². The smallest absolute Gasteiger partial charge is 0.408 e. The zero-order valence-electron chi connectivity index (χ0n) is 18.4. The molecule has 2 heterocycles. The molecule has 2 amide bonds. The average Bonchev–Trinajstić information content (AvgIpc) is 3.02. The first kappa shape index (κ1) is 24.3. The first-order valence-electron chi connectivity index (χ1n) is 9.78.